The van der Waals surface area contributed by atoms with Crippen LogP contribution in [0.1, 0.15) is 108 Å². The molecule has 0 atom stereocenters. The number of fused-ring (bicyclic) bond motifs is 1. The Morgan fingerprint density at radius 1 is 0.705 bits per heavy atom. The smallest absolute Gasteiger partial charge is 0.293 e. The molecule has 1 aromatic carbocycles. The van der Waals surface area contributed by atoms with E-state index in [9.17, 15) is 19.2 Å². The number of likely N-dealkylation sites (N-methyl/N-ethyl adjacent to an activating group) is 1. The lowest BCUT2D eigenvalue weighted by Crippen LogP contribution is -2.37. The minimum atomic E-state index is -0.150. The first kappa shape index (κ1) is 56.1. The van der Waals surface area contributed by atoms with E-state index in [1.165, 1.54) is 58.7 Å². The van der Waals surface area contributed by atoms with Gasteiger partial charge in [-0.3, -0.25) is 19.2 Å². The molecule has 15 heteroatoms. The van der Waals surface area contributed by atoms with E-state index in [0.29, 0.717) is 19.6 Å². The van der Waals surface area contributed by atoms with E-state index in [1.807, 2.05) is 45.0 Å². The summed E-state index contributed by atoms with van der Waals surface area (Å²) < 4.78 is 6.80. The van der Waals surface area contributed by atoms with Gasteiger partial charge in [0.05, 0.1) is 65.5 Å². The Labute approximate surface area is 373 Å². The molecule has 61 heavy (non-hydrogen) atoms. The zero-order valence-electron chi connectivity index (χ0n) is 38.7. The molecule has 7 rings (SSSR count). The zero-order chi connectivity index (χ0) is 45.8. The van der Waals surface area contributed by atoms with Crippen LogP contribution in [0.15, 0.2) is 60.1 Å². The summed E-state index contributed by atoms with van der Waals surface area (Å²) in [4.78, 5) is 60.3. The number of thiophene rings is 2. The number of amides is 3. The Bertz CT molecular complexity index is 1810. The Kier molecular flexibility index (Phi) is 33.0. The molecule has 0 aliphatic carbocycles. The number of ether oxygens (including phenoxy) is 1. The number of hydrogen-bond donors (Lipinski definition) is 4. The molecule has 5 aromatic rings. The van der Waals surface area contributed by atoms with Crippen LogP contribution in [-0.4, -0.2) is 107 Å². The lowest BCUT2D eigenvalue weighted by Gasteiger charge is -2.14. The highest BCUT2D eigenvalue weighted by Crippen LogP contribution is 2.43. The fourth-order valence-corrected chi connectivity index (χ4v) is 7.87. The van der Waals surface area contributed by atoms with Crippen molar-refractivity contribution in [2.45, 2.75) is 108 Å². The van der Waals surface area contributed by atoms with Gasteiger partial charge in [-0.25, -0.2) is 9.97 Å². The van der Waals surface area contributed by atoms with E-state index >= 15 is 0 Å². The number of aromatic nitrogens is 4. The van der Waals surface area contributed by atoms with Crippen molar-refractivity contribution in [2.75, 3.05) is 52.9 Å². The molecule has 0 bridgehead atoms. The molecule has 340 valence electrons. The second-order valence-electron chi connectivity index (χ2n) is 13.0. The summed E-state index contributed by atoms with van der Waals surface area (Å²) in [5.41, 5.74) is 7.02. The van der Waals surface area contributed by atoms with E-state index in [-0.39, 0.29) is 24.3 Å². The molecule has 0 unspecified atom stereocenters. The van der Waals surface area contributed by atoms with Crippen molar-refractivity contribution in [3.8, 4) is 33.6 Å². The summed E-state index contributed by atoms with van der Waals surface area (Å²) >= 11 is 3.58. The summed E-state index contributed by atoms with van der Waals surface area (Å²) in [6.07, 6.45) is 14.2. The second kappa shape index (κ2) is 35.9. The Hall–Kier alpha value is -4.86. The fraction of sp³-hybridized carbons (Fsp3) is 0.522. The van der Waals surface area contributed by atoms with Crippen molar-refractivity contribution in [1.29, 1.82) is 0 Å². The van der Waals surface area contributed by atoms with Crippen molar-refractivity contribution in [3.63, 3.8) is 0 Å². The Morgan fingerprint density at radius 2 is 1.13 bits per heavy atom. The summed E-state index contributed by atoms with van der Waals surface area (Å²) in [5.74, 6) is 0.116. The Morgan fingerprint density at radius 3 is 1.52 bits per heavy atom. The summed E-state index contributed by atoms with van der Waals surface area (Å²) in [5, 5.41) is 9.79. The number of carbonyl (C=O) groups excluding carboxylic acids is 4. The van der Waals surface area contributed by atoms with Gasteiger partial charge in [-0.1, -0.05) is 92.5 Å². The van der Waals surface area contributed by atoms with Crippen LogP contribution in [0.4, 0.5) is 0 Å². The number of carbonyl (C=O) groups is 4. The van der Waals surface area contributed by atoms with Gasteiger partial charge < -0.3 is 35.1 Å². The van der Waals surface area contributed by atoms with E-state index < -0.39 is 0 Å². The molecule has 0 saturated carbocycles. The predicted octanol–water partition coefficient (Wildman–Crippen LogP) is 10.0. The van der Waals surface area contributed by atoms with Gasteiger partial charge in [0.1, 0.15) is 0 Å². The molecule has 3 amide bonds. The second-order valence-corrected chi connectivity index (χ2v) is 14.8. The maximum absolute atomic E-state index is 11.3. The number of rotatable bonds is 9. The zero-order valence-corrected chi connectivity index (χ0v) is 40.3. The average molecular weight is 883 g/mol. The van der Waals surface area contributed by atoms with Crippen molar-refractivity contribution in [3.05, 3.63) is 60.1 Å². The lowest BCUT2D eigenvalue weighted by atomic mass is 10.1. The molecule has 4 N–H and O–H groups in total. The fourth-order valence-electron chi connectivity index (χ4n) is 5.43. The number of aromatic amines is 2. The van der Waals surface area contributed by atoms with Gasteiger partial charge in [-0.2, -0.15) is 0 Å². The van der Waals surface area contributed by atoms with Gasteiger partial charge in [0.2, 0.25) is 17.7 Å². The van der Waals surface area contributed by atoms with Crippen molar-refractivity contribution < 1.29 is 23.9 Å². The van der Waals surface area contributed by atoms with E-state index in [2.05, 4.69) is 98.0 Å². The highest BCUT2D eigenvalue weighted by atomic mass is 32.1. The monoisotopic (exact) mass is 883 g/mol. The minimum absolute atomic E-state index is 0.0303. The number of nitrogens with one attached hydrogen (secondary N) is 4. The Balaban J connectivity index is 0.000000823. The first-order chi connectivity index (χ1) is 29.7. The van der Waals surface area contributed by atoms with Crippen molar-refractivity contribution in [2.24, 2.45) is 0 Å². The van der Waals surface area contributed by atoms with Crippen LogP contribution in [0.2, 0.25) is 0 Å². The minimum Gasteiger partial charge on any atom is -0.468 e. The molecule has 0 spiro atoms. The first-order valence-corrected chi connectivity index (χ1v) is 23.5. The standard InChI is InChI=1S/C18H12N4S2.C8H14N2O2.C7H14N2O.C3H6O2.2C3H8.2C2H6/c1-3-12(15-5-19-9-21-15)4-2-11(1)13-7-23-18-14(8-24-17(13)18)16-6-20-10-22-16;1-7(11)9-6-8(12)10-4-2-3-5-10;1-8-6-7(10)9-4-2-3-5-9;1-2-5-3-4;2*1-3-2;2*1-2/h1-10H,(H,19,21)(H,20,22);2-6H2,1H3,(H,9,11);8H,2-6H2,1H3;3H,2H2,1H3;2*3H2,1-2H3;2*1-2H3. The summed E-state index contributed by atoms with van der Waals surface area (Å²) in [6.45, 7) is 24.8. The summed E-state index contributed by atoms with van der Waals surface area (Å²) in [6, 6.07) is 8.62. The van der Waals surface area contributed by atoms with Crippen LogP contribution in [0.3, 0.4) is 0 Å². The SMILES string of the molecule is CC.CC.CC(=O)NCC(=O)N1CCCC1.CCC.CCC.CCOC=O.CNCC(=O)N1CCCC1.c1ncc(-c2ccc(-c3csc4c(-c5cnc[nH]5)csc34)cc2)[nH]1. The van der Waals surface area contributed by atoms with E-state index in [4.69, 9.17) is 0 Å². The van der Waals surface area contributed by atoms with Gasteiger partial charge in [0.25, 0.3) is 6.47 Å². The quantitative estimate of drug-likeness (QED) is 0.106. The number of nitrogens with zero attached hydrogens (tertiary/aromatic N) is 4. The maximum Gasteiger partial charge on any atom is 0.293 e. The van der Waals surface area contributed by atoms with Crippen LogP contribution in [0.5, 0.6) is 0 Å². The third-order valence-corrected chi connectivity index (χ3v) is 10.2. The molecule has 0 radical (unpaired) electrons. The topological polar surface area (TPSA) is 165 Å². The highest BCUT2D eigenvalue weighted by molar-refractivity contribution is 7.27. The first-order valence-electron chi connectivity index (χ1n) is 21.8. The molecule has 2 aliphatic rings. The van der Waals surface area contributed by atoms with Gasteiger partial charge in [-0.05, 0) is 50.8 Å². The van der Waals surface area contributed by atoms with Gasteiger partial charge in [-0.15, -0.1) is 22.7 Å². The molecule has 4 aromatic heterocycles. The van der Waals surface area contributed by atoms with Gasteiger partial charge in [0, 0.05) is 55.0 Å². The summed E-state index contributed by atoms with van der Waals surface area (Å²) in [7, 11) is 1.80. The number of imidazole rings is 2. The number of hydrogen-bond acceptors (Lipinski definition) is 10. The molecular weight excluding hydrogens is 809 g/mol. The van der Waals surface area contributed by atoms with Gasteiger partial charge >= 0.3 is 0 Å². The van der Waals surface area contributed by atoms with Crippen LogP contribution in [-0.2, 0) is 23.9 Å². The largest absolute Gasteiger partial charge is 0.468 e. The lowest BCUT2D eigenvalue weighted by molar-refractivity contribution is -0.131. The molecule has 2 aliphatic heterocycles. The molecule has 6 heterocycles. The van der Waals surface area contributed by atoms with Crippen LogP contribution < -0.4 is 10.6 Å². The third-order valence-electron chi connectivity index (χ3n) is 8.05. The number of H-pyrrole nitrogens is 2. The van der Waals surface area contributed by atoms with E-state index in [0.717, 1.165) is 56.0 Å². The van der Waals surface area contributed by atoms with Crippen LogP contribution >= 0.6 is 22.7 Å². The number of likely N-dealkylation sites (tertiary alicyclic amines) is 2. The van der Waals surface area contributed by atoms with Crippen LogP contribution in [0.25, 0.3) is 43.0 Å². The van der Waals surface area contributed by atoms with Crippen LogP contribution in [0, 0.1) is 0 Å². The van der Waals surface area contributed by atoms with Gasteiger partial charge in [0.15, 0.2) is 0 Å². The number of benzene rings is 1. The van der Waals surface area contributed by atoms with Crippen molar-refractivity contribution >= 4 is 56.3 Å². The highest BCUT2D eigenvalue weighted by Gasteiger charge is 2.18. The predicted molar refractivity (Wildman–Crippen MR) is 257 cm³/mol. The molecule has 2 saturated heterocycles. The third kappa shape index (κ3) is 21.5. The molecule has 2 fully saturated rings. The molecular formula is C46H74N8O5S2. The normalized spacial score (nSPS) is 11.9. The van der Waals surface area contributed by atoms with Crippen molar-refractivity contribution in [1.82, 2.24) is 40.4 Å². The molecule has 13 nitrogen and oxygen atoms in total. The average Bonchev–Trinajstić information content (AvgIpc) is 4.14. The maximum atomic E-state index is 11.3. The van der Waals surface area contributed by atoms with E-state index in [1.54, 1.807) is 54.2 Å².